The van der Waals surface area contributed by atoms with Crippen LogP contribution in [0.4, 0.5) is 9.59 Å². The van der Waals surface area contributed by atoms with Crippen LogP contribution in [0.3, 0.4) is 0 Å². The molecule has 0 bridgehead atoms. The quantitative estimate of drug-likeness (QED) is 0.748. The third kappa shape index (κ3) is 2.23. The molecule has 0 aromatic rings. The highest BCUT2D eigenvalue weighted by atomic mass is 16.7. The second-order valence-electron chi connectivity index (χ2n) is 5.21. The van der Waals surface area contributed by atoms with Crippen molar-refractivity contribution >= 4 is 12.1 Å². The molecule has 0 atom stereocenters. The number of piperidine rings is 1. The molecule has 6 heteroatoms. The lowest BCUT2D eigenvalue weighted by molar-refractivity contribution is -0.0628. The fourth-order valence-electron chi connectivity index (χ4n) is 2.57. The summed E-state index contributed by atoms with van der Waals surface area (Å²) in [6.45, 7) is 2.66. The van der Waals surface area contributed by atoms with Gasteiger partial charge in [0.05, 0.1) is 6.54 Å². The molecule has 3 rings (SSSR count). The van der Waals surface area contributed by atoms with E-state index in [-0.39, 0.29) is 12.1 Å². The van der Waals surface area contributed by atoms with Crippen molar-refractivity contribution in [2.24, 2.45) is 0 Å². The molecule has 3 aliphatic rings. The second-order valence-corrected chi connectivity index (χ2v) is 5.21. The number of carbonyl (C=O) groups excluding carboxylic acids is 2. The summed E-state index contributed by atoms with van der Waals surface area (Å²) in [6, 6.07) is 0.235. The zero-order chi connectivity index (χ0) is 12.5. The van der Waals surface area contributed by atoms with Gasteiger partial charge in [-0.25, -0.2) is 9.59 Å². The first-order valence-electron chi connectivity index (χ1n) is 6.81. The van der Waals surface area contributed by atoms with Gasteiger partial charge in [-0.15, -0.1) is 5.06 Å². The van der Waals surface area contributed by atoms with E-state index in [9.17, 15) is 9.59 Å². The van der Waals surface area contributed by atoms with Crippen molar-refractivity contribution in [1.82, 2.24) is 14.9 Å². The van der Waals surface area contributed by atoms with E-state index in [2.05, 4.69) is 0 Å². The fourth-order valence-corrected chi connectivity index (χ4v) is 2.57. The van der Waals surface area contributed by atoms with E-state index >= 15 is 0 Å². The number of hydrogen-bond acceptors (Lipinski definition) is 3. The van der Waals surface area contributed by atoms with Crippen LogP contribution in [-0.4, -0.2) is 59.2 Å². The highest BCUT2D eigenvalue weighted by Gasteiger charge is 2.41. The van der Waals surface area contributed by atoms with Crippen LogP contribution in [0.2, 0.25) is 0 Å². The summed E-state index contributed by atoms with van der Waals surface area (Å²) in [5, 5.41) is 1.22. The van der Waals surface area contributed by atoms with E-state index < -0.39 is 0 Å². The van der Waals surface area contributed by atoms with Crippen LogP contribution in [0.25, 0.3) is 0 Å². The van der Waals surface area contributed by atoms with E-state index in [0.29, 0.717) is 19.1 Å². The number of rotatable bonds is 2. The first kappa shape index (κ1) is 11.6. The van der Waals surface area contributed by atoms with Gasteiger partial charge in [-0.05, 0) is 32.1 Å². The van der Waals surface area contributed by atoms with E-state index in [0.717, 1.165) is 38.8 Å². The lowest BCUT2D eigenvalue weighted by atomic mass is 10.1. The summed E-state index contributed by atoms with van der Waals surface area (Å²) in [5.74, 6) is 0. The molecule has 3 fully saturated rings. The van der Waals surface area contributed by atoms with Crippen molar-refractivity contribution < 1.29 is 14.4 Å². The Balaban J connectivity index is 1.53. The van der Waals surface area contributed by atoms with Crippen molar-refractivity contribution in [2.75, 3.05) is 26.2 Å². The Morgan fingerprint density at radius 1 is 1.06 bits per heavy atom. The monoisotopic (exact) mass is 253 g/mol. The highest BCUT2D eigenvalue weighted by Crippen LogP contribution is 2.30. The molecule has 0 radical (unpaired) electrons. The molecule has 18 heavy (non-hydrogen) atoms. The molecular formula is C12H19N3O3. The summed E-state index contributed by atoms with van der Waals surface area (Å²) in [5.41, 5.74) is 0. The Morgan fingerprint density at radius 2 is 1.78 bits per heavy atom. The van der Waals surface area contributed by atoms with Crippen LogP contribution in [0, 0.1) is 0 Å². The van der Waals surface area contributed by atoms with E-state index in [1.807, 2.05) is 4.90 Å². The number of hydrogen-bond donors (Lipinski definition) is 0. The maximum absolute atomic E-state index is 12.0. The highest BCUT2D eigenvalue weighted by molar-refractivity contribution is 5.78. The molecule has 2 heterocycles. The molecule has 0 spiro atoms. The number of urea groups is 1. The van der Waals surface area contributed by atoms with Crippen molar-refractivity contribution in [3.05, 3.63) is 0 Å². The summed E-state index contributed by atoms with van der Waals surface area (Å²) < 4.78 is 0. The largest absolute Gasteiger partial charge is 0.434 e. The Bertz CT molecular complexity index is 350. The van der Waals surface area contributed by atoms with Crippen LogP contribution < -0.4 is 0 Å². The molecule has 0 N–H and O–H groups in total. The molecule has 1 aliphatic carbocycles. The topological polar surface area (TPSA) is 53.1 Å². The Kier molecular flexibility index (Phi) is 3.01. The molecular weight excluding hydrogens is 234 g/mol. The summed E-state index contributed by atoms with van der Waals surface area (Å²) in [4.78, 5) is 32.5. The molecule has 2 aliphatic heterocycles. The van der Waals surface area contributed by atoms with E-state index in [1.165, 1.54) is 11.5 Å². The van der Waals surface area contributed by atoms with E-state index in [1.54, 1.807) is 4.90 Å². The Morgan fingerprint density at radius 3 is 2.44 bits per heavy atom. The van der Waals surface area contributed by atoms with Gasteiger partial charge < -0.3 is 14.6 Å². The number of carbonyl (C=O) groups is 2. The smallest absolute Gasteiger partial charge is 0.317 e. The zero-order valence-corrected chi connectivity index (χ0v) is 10.5. The minimum atomic E-state index is -0.374. The van der Waals surface area contributed by atoms with Gasteiger partial charge in [0.1, 0.15) is 0 Å². The second kappa shape index (κ2) is 4.66. The lowest BCUT2D eigenvalue weighted by Crippen LogP contribution is -2.42. The molecule has 100 valence electrons. The summed E-state index contributed by atoms with van der Waals surface area (Å²) >= 11 is 0. The average Bonchev–Trinajstić information content (AvgIpc) is 3.17. The van der Waals surface area contributed by atoms with Gasteiger partial charge >= 0.3 is 12.1 Å². The molecule has 0 aromatic carbocycles. The minimum absolute atomic E-state index is 0.150. The first-order chi connectivity index (χ1) is 8.75. The predicted octanol–water partition coefficient (Wildman–Crippen LogP) is 1.42. The van der Waals surface area contributed by atoms with Crippen molar-refractivity contribution in [3.8, 4) is 0 Å². The molecule has 6 nitrogen and oxygen atoms in total. The minimum Gasteiger partial charge on any atom is -0.317 e. The standard InChI is InChI=1S/C12H19N3O3/c16-11-14(10-4-5-10)8-9-15(11)18-12(17)13-6-2-1-3-7-13/h10H,1-9H2. The number of likely N-dealkylation sites (tertiary alicyclic amines) is 1. The maximum Gasteiger partial charge on any atom is 0.434 e. The number of nitrogens with zero attached hydrogens (tertiary/aromatic N) is 3. The van der Waals surface area contributed by atoms with Crippen molar-refractivity contribution in [2.45, 2.75) is 38.1 Å². The molecule has 3 amide bonds. The van der Waals surface area contributed by atoms with Gasteiger partial charge in [0.25, 0.3) is 0 Å². The van der Waals surface area contributed by atoms with Crippen molar-refractivity contribution in [1.29, 1.82) is 0 Å². The average molecular weight is 253 g/mol. The zero-order valence-electron chi connectivity index (χ0n) is 10.5. The Labute approximate surface area is 106 Å². The van der Waals surface area contributed by atoms with Crippen molar-refractivity contribution in [3.63, 3.8) is 0 Å². The molecule has 1 saturated carbocycles. The van der Waals surface area contributed by atoms with Gasteiger partial charge in [-0.1, -0.05) is 0 Å². The van der Waals surface area contributed by atoms with Gasteiger partial charge in [-0.3, -0.25) is 0 Å². The van der Waals surface area contributed by atoms with E-state index in [4.69, 9.17) is 4.84 Å². The third-order valence-corrected chi connectivity index (χ3v) is 3.79. The number of amides is 3. The molecule has 0 aromatic heterocycles. The van der Waals surface area contributed by atoms with Crippen LogP contribution in [0.1, 0.15) is 32.1 Å². The normalized spacial score (nSPS) is 24.7. The lowest BCUT2D eigenvalue weighted by Gasteiger charge is -2.27. The SMILES string of the molecule is O=C(ON1CCN(C2CC2)C1=O)N1CCCCC1. The van der Waals surface area contributed by atoms with Gasteiger partial charge in [0.2, 0.25) is 0 Å². The van der Waals surface area contributed by atoms with Crippen LogP contribution in [0.5, 0.6) is 0 Å². The molecule has 0 unspecified atom stereocenters. The third-order valence-electron chi connectivity index (χ3n) is 3.79. The van der Waals surface area contributed by atoms with Gasteiger partial charge in [0, 0.05) is 25.7 Å². The van der Waals surface area contributed by atoms with Gasteiger partial charge in [-0.2, -0.15) is 0 Å². The fraction of sp³-hybridized carbons (Fsp3) is 0.833. The van der Waals surface area contributed by atoms with Crippen LogP contribution in [-0.2, 0) is 4.84 Å². The Hall–Kier alpha value is -1.46. The first-order valence-corrected chi connectivity index (χ1v) is 6.81. The number of hydroxylamine groups is 2. The maximum atomic E-state index is 12.0. The van der Waals surface area contributed by atoms with Crippen LogP contribution >= 0.6 is 0 Å². The predicted molar refractivity (Wildman–Crippen MR) is 63.7 cm³/mol. The van der Waals surface area contributed by atoms with Crippen LogP contribution in [0.15, 0.2) is 0 Å². The summed E-state index contributed by atoms with van der Waals surface area (Å²) in [7, 11) is 0. The van der Waals surface area contributed by atoms with Gasteiger partial charge in [0.15, 0.2) is 0 Å². The molecule has 2 saturated heterocycles. The summed E-state index contributed by atoms with van der Waals surface area (Å²) in [6.07, 6.45) is 5.01.